The summed E-state index contributed by atoms with van der Waals surface area (Å²) in [7, 11) is 2.77. The topological polar surface area (TPSA) is 106 Å². The van der Waals surface area contributed by atoms with Crippen LogP contribution in [-0.2, 0) is 14.3 Å². The molecule has 1 fully saturated rings. The first-order chi connectivity index (χ1) is 14.0. The minimum atomic E-state index is -1.34. The molecule has 1 aromatic rings. The van der Waals surface area contributed by atoms with Crippen LogP contribution in [0.1, 0.15) is 13.8 Å². The van der Waals surface area contributed by atoms with Crippen LogP contribution in [0.5, 0.6) is 5.75 Å². The van der Waals surface area contributed by atoms with E-state index in [1.54, 1.807) is 0 Å². The van der Waals surface area contributed by atoms with Crippen LogP contribution in [0.25, 0.3) is 0 Å². The predicted molar refractivity (Wildman–Crippen MR) is 106 cm³/mol. The van der Waals surface area contributed by atoms with E-state index >= 15 is 0 Å². The number of ether oxygens (including phenoxy) is 3. The van der Waals surface area contributed by atoms with E-state index in [2.05, 4.69) is 22.1 Å². The predicted octanol–water partition coefficient (Wildman–Crippen LogP) is 3.08. The molecule has 1 aliphatic rings. The average Bonchev–Trinajstić information content (AvgIpc) is 2.68. The third-order valence-corrected chi connectivity index (χ3v) is 4.99. The van der Waals surface area contributed by atoms with Crippen molar-refractivity contribution in [3.05, 3.63) is 23.0 Å². The maximum absolute atomic E-state index is 14.6. The summed E-state index contributed by atoms with van der Waals surface area (Å²) in [5, 5.41) is -0.238. The first-order valence-electron chi connectivity index (χ1n) is 8.55. The van der Waals surface area contributed by atoms with Gasteiger partial charge in [-0.25, -0.2) is 28.5 Å². The van der Waals surface area contributed by atoms with Gasteiger partial charge in [0, 0.05) is 20.2 Å². The molecule has 0 aliphatic carbocycles. The van der Waals surface area contributed by atoms with Crippen molar-refractivity contribution in [3.63, 3.8) is 0 Å². The van der Waals surface area contributed by atoms with E-state index in [1.807, 2.05) is 0 Å². The molecule has 0 bridgehead atoms. The molecule has 4 amide bonds. The molecule has 0 spiro atoms. The van der Waals surface area contributed by atoms with E-state index in [-0.39, 0.29) is 17.4 Å². The third kappa shape index (κ3) is 4.70. The minimum absolute atomic E-state index is 0.00241. The highest BCUT2D eigenvalue weighted by Gasteiger charge is 2.41. The Labute approximate surface area is 181 Å². The number of halogens is 2. The second-order valence-electron chi connectivity index (χ2n) is 6.07. The van der Waals surface area contributed by atoms with Crippen LogP contribution in [0.4, 0.5) is 24.5 Å². The Kier molecular flexibility index (Phi) is 7.37. The molecule has 164 valence electrons. The molecule has 30 heavy (non-hydrogen) atoms. The number of anilines is 1. The van der Waals surface area contributed by atoms with Crippen LogP contribution in [0.3, 0.4) is 0 Å². The molecule has 0 radical (unpaired) electrons. The zero-order valence-corrected chi connectivity index (χ0v) is 18.1. The first kappa shape index (κ1) is 23.5. The largest absolute Gasteiger partial charge is 0.516 e. The fourth-order valence-electron chi connectivity index (χ4n) is 2.39. The van der Waals surface area contributed by atoms with Crippen LogP contribution in [0, 0.1) is 5.82 Å². The molecule has 2 rings (SSSR count). The van der Waals surface area contributed by atoms with E-state index in [4.69, 9.17) is 16.3 Å². The fourth-order valence-corrected chi connectivity index (χ4v) is 2.78. The molecule has 0 aromatic heterocycles. The van der Waals surface area contributed by atoms with E-state index in [0.29, 0.717) is 4.90 Å². The van der Waals surface area contributed by atoms with Gasteiger partial charge in [0.2, 0.25) is 0 Å². The maximum atomic E-state index is 14.6. The number of urea groups is 2. The van der Waals surface area contributed by atoms with Crippen LogP contribution in [-0.4, -0.2) is 66.3 Å². The quantitative estimate of drug-likeness (QED) is 0.406. The standard InChI is InChI=1S/C17H19ClFN3O7S/c1-5-27-17(26)29-13(23)8(2)28-12-7-11(10(19)6-9(12)18)22-14(24)20(3)16(30)21(4)15(22)25/h6-8,16,30H,5H2,1-4H3. The van der Waals surface area contributed by atoms with Crippen LogP contribution in [0.15, 0.2) is 12.1 Å². The van der Waals surface area contributed by atoms with Gasteiger partial charge in [0.15, 0.2) is 11.6 Å². The van der Waals surface area contributed by atoms with Gasteiger partial charge in [0.25, 0.3) is 0 Å². The number of imide groups is 1. The number of nitrogens with zero attached hydrogens (tertiary/aromatic N) is 3. The van der Waals surface area contributed by atoms with Crippen molar-refractivity contribution in [1.29, 1.82) is 0 Å². The normalized spacial score (nSPS) is 15.9. The van der Waals surface area contributed by atoms with E-state index < -0.39 is 47.3 Å². The van der Waals surface area contributed by atoms with Gasteiger partial charge < -0.3 is 14.2 Å². The molecule has 1 heterocycles. The van der Waals surface area contributed by atoms with Crippen molar-refractivity contribution in [2.24, 2.45) is 0 Å². The summed E-state index contributed by atoms with van der Waals surface area (Å²) in [6.07, 6.45) is -2.55. The number of rotatable bonds is 5. The molecule has 1 unspecified atom stereocenters. The van der Waals surface area contributed by atoms with Gasteiger partial charge in [0.1, 0.15) is 11.6 Å². The van der Waals surface area contributed by atoms with Gasteiger partial charge in [0.05, 0.1) is 17.3 Å². The highest BCUT2D eigenvalue weighted by Crippen LogP contribution is 2.35. The number of carbonyl (C=O) groups excluding carboxylic acids is 4. The summed E-state index contributed by atoms with van der Waals surface area (Å²) >= 11 is 10.1. The number of benzene rings is 1. The van der Waals surface area contributed by atoms with Crippen molar-refractivity contribution in [3.8, 4) is 5.75 Å². The lowest BCUT2D eigenvalue weighted by molar-refractivity contribution is -0.146. The van der Waals surface area contributed by atoms with Crippen molar-refractivity contribution >= 4 is 54.1 Å². The maximum Gasteiger partial charge on any atom is 0.516 e. The molecule has 0 saturated carbocycles. The molecule has 0 N–H and O–H groups in total. The van der Waals surface area contributed by atoms with Crippen LogP contribution < -0.4 is 9.64 Å². The second kappa shape index (κ2) is 9.39. The highest BCUT2D eigenvalue weighted by molar-refractivity contribution is 7.80. The highest BCUT2D eigenvalue weighted by atomic mass is 35.5. The van der Waals surface area contributed by atoms with E-state index in [0.717, 1.165) is 21.9 Å². The van der Waals surface area contributed by atoms with E-state index in [1.165, 1.54) is 27.9 Å². The van der Waals surface area contributed by atoms with Gasteiger partial charge in [-0.3, -0.25) is 9.80 Å². The Morgan fingerprint density at radius 1 is 1.23 bits per heavy atom. The SMILES string of the molecule is CCOC(=O)OC(=O)C(C)Oc1cc(N2C(=O)N(C)C(S)N(C)C2=O)c(F)cc1Cl. The first-order valence-corrected chi connectivity index (χ1v) is 9.44. The number of hydrogen-bond donors (Lipinski definition) is 1. The number of thiol groups is 1. The van der Waals surface area contributed by atoms with Gasteiger partial charge in [-0.2, -0.15) is 0 Å². The molecular formula is C17H19ClFN3O7S. The number of amides is 4. The lowest BCUT2D eigenvalue weighted by Crippen LogP contribution is -2.62. The zero-order chi connectivity index (χ0) is 22.7. The summed E-state index contributed by atoms with van der Waals surface area (Å²) in [6, 6.07) is 0.144. The summed E-state index contributed by atoms with van der Waals surface area (Å²) in [5.41, 5.74) is -1.29. The Hall–Kier alpha value is -2.73. The van der Waals surface area contributed by atoms with Gasteiger partial charge in [-0.1, -0.05) is 11.6 Å². The number of hydrogen-bond acceptors (Lipinski definition) is 8. The molecular weight excluding hydrogens is 445 g/mol. The lowest BCUT2D eigenvalue weighted by atomic mass is 10.2. The zero-order valence-electron chi connectivity index (χ0n) is 16.4. The fraction of sp³-hybridized carbons (Fsp3) is 0.412. The smallest absolute Gasteiger partial charge is 0.477 e. The van der Waals surface area contributed by atoms with Gasteiger partial charge in [-0.05, 0) is 19.9 Å². The van der Waals surface area contributed by atoms with Crippen molar-refractivity contribution in [2.45, 2.75) is 25.4 Å². The lowest BCUT2D eigenvalue weighted by Gasteiger charge is -2.41. The van der Waals surface area contributed by atoms with E-state index in [9.17, 15) is 23.6 Å². The minimum Gasteiger partial charge on any atom is -0.477 e. The summed E-state index contributed by atoms with van der Waals surface area (Å²) < 4.78 is 28.8. The average molecular weight is 464 g/mol. The van der Waals surface area contributed by atoms with Crippen molar-refractivity contribution in [2.75, 3.05) is 25.6 Å². The van der Waals surface area contributed by atoms with Crippen molar-refractivity contribution < 1.29 is 37.8 Å². The van der Waals surface area contributed by atoms with Crippen molar-refractivity contribution in [1.82, 2.24) is 9.80 Å². The van der Waals surface area contributed by atoms with Crippen LogP contribution in [0.2, 0.25) is 5.02 Å². The molecule has 1 aromatic carbocycles. The number of esters is 1. The summed E-state index contributed by atoms with van der Waals surface area (Å²) in [5.74, 6) is -2.28. The molecule has 10 nitrogen and oxygen atoms in total. The monoisotopic (exact) mass is 463 g/mol. The van der Waals surface area contributed by atoms with Crippen LogP contribution >= 0.6 is 24.2 Å². The molecule has 1 aliphatic heterocycles. The Morgan fingerprint density at radius 3 is 2.33 bits per heavy atom. The van der Waals surface area contributed by atoms with Gasteiger partial charge in [-0.15, -0.1) is 12.6 Å². The molecule has 1 atom stereocenters. The Balaban J connectivity index is 2.32. The number of carbonyl (C=O) groups is 4. The Bertz CT molecular complexity index is 865. The summed E-state index contributed by atoms with van der Waals surface area (Å²) in [6.45, 7) is 2.78. The molecule has 1 saturated heterocycles. The second-order valence-corrected chi connectivity index (χ2v) is 6.94. The van der Waals surface area contributed by atoms with Gasteiger partial charge >= 0.3 is 24.2 Å². The third-order valence-electron chi connectivity index (χ3n) is 4.00. The molecule has 13 heteroatoms. The summed E-state index contributed by atoms with van der Waals surface area (Å²) in [4.78, 5) is 51.0. The Morgan fingerprint density at radius 2 is 1.80 bits per heavy atom.